The van der Waals surface area contributed by atoms with Gasteiger partial charge < -0.3 is 9.47 Å². The van der Waals surface area contributed by atoms with Crippen molar-refractivity contribution in [1.82, 2.24) is 4.90 Å². The fourth-order valence-electron chi connectivity index (χ4n) is 2.62. The molecule has 0 saturated carbocycles. The Bertz CT molecular complexity index is 596. The van der Waals surface area contributed by atoms with Gasteiger partial charge in [-0.2, -0.15) is 0 Å². The number of benzene rings is 2. The van der Waals surface area contributed by atoms with Gasteiger partial charge in [-0.1, -0.05) is 30.3 Å². The molecule has 0 unspecified atom stereocenters. The van der Waals surface area contributed by atoms with Gasteiger partial charge in [-0.15, -0.1) is 0 Å². The van der Waals surface area contributed by atoms with Crippen molar-refractivity contribution in [2.45, 2.75) is 6.42 Å². The zero-order valence-electron chi connectivity index (χ0n) is 12.1. The molecule has 1 aliphatic rings. The summed E-state index contributed by atoms with van der Waals surface area (Å²) in [6, 6.07) is 12.5. The second kappa shape index (κ2) is 7.25. The lowest BCUT2D eigenvalue weighted by Gasteiger charge is -2.26. The van der Waals surface area contributed by atoms with E-state index in [1.54, 1.807) is 0 Å². The maximum atomic E-state index is 5.93. The van der Waals surface area contributed by atoms with Crippen molar-refractivity contribution >= 4 is 26.7 Å². The van der Waals surface area contributed by atoms with Crippen molar-refractivity contribution in [3.63, 3.8) is 0 Å². The highest BCUT2D eigenvalue weighted by Crippen LogP contribution is 2.33. The molecule has 3 rings (SSSR count). The van der Waals surface area contributed by atoms with Crippen LogP contribution in [0.5, 0.6) is 5.75 Å². The highest BCUT2D eigenvalue weighted by atomic mass is 79.9. The standard InChI is InChI=1S/C17H20BrNO2/c18-17-15-5-2-1-4-14(15)6-7-16(17)21-11-3-8-19-9-12-20-13-10-19/h1-2,4-7H,3,8-13H2. The molecule has 21 heavy (non-hydrogen) atoms. The molecule has 0 amide bonds. The third-order valence-corrected chi connectivity index (χ3v) is 4.63. The fourth-order valence-corrected chi connectivity index (χ4v) is 3.23. The molecule has 2 aromatic rings. The fraction of sp³-hybridized carbons (Fsp3) is 0.412. The molecule has 0 N–H and O–H groups in total. The van der Waals surface area contributed by atoms with Gasteiger partial charge in [0.05, 0.1) is 24.3 Å². The Labute approximate surface area is 134 Å². The number of morpholine rings is 1. The molecule has 1 saturated heterocycles. The van der Waals surface area contributed by atoms with Gasteiger partial charge in [0, 0.05) is 19.6 Å². The van der Waals surface area contributed by atoms with Crippen molar-refractivity contribution < 1.29 is 9.47 Å². The van der Waals surface area contributed by atoms with E-state index >= 15 is 0 Å². The molecule has 0 aliphatic carbocycles. The van der Waals surface area contributed by atoms with Crippen molar-refractivity contribution in [3.8, 4) is 5.75 Å². The van der Waals surface area contributed by atoms with Gasteiger partial charge in [0.1, 0.15) is 5.75 Å². The van der Waals surface area contributed by atoms with Crippen LogP contribution < -0.4 is 4.74 Å². The quantitative estimate of drug-likeness (QED) is 0.768. The summed E-state index contributed by atoms with van der Waals surface area (Å²) in [4.78, 5) is 2.43. The van der Waals surface area contributed by atoms with Gasteiger partial charge >= 0.3 is 0 Å². The lowest BCUT2D eigenvalue weighted by atomic mass is 10.1. The summed E-state index contributed by atoms with van der Waals surface area (Å²) in [7, 11) is 0. The first-order valence-corrected chi connectivity index (χ1v) is 8.24. The monoisotopic (exact) mass is 349 g/mol. The Balaban J connectivity index is 1.54. The van der Waals surface area contributed by atoms with E-state index in [2.05, 4.69) is 51.2 Å². The molecule has 0 atom stereocenters. The maximum absolute atomic E-state index is 5.93. The Hall–Kier alpha value is -1.10. The van der Waals surface area contributed by atoms with Crippen LogP contribution >= 0.6 is 15.9 Å². The summed E-state index contributed by atoms with van der Waals surface area (Å²) >= 11 is 3.66. The van der Waals surface area contributed by atoms with Gasteiger partial charge in [0.2, 0.25) is 0 Å². The van der Waals surface area contributed by atoms with Crippen LogP contribution in [0, 0.1) is 0 Å². The largest absolute Gasteiger partial charge is 0.492 e. The Morgan fingerprint density at radius 3 is 2.76 bits per heavy atom. The van der Waals surface area contributed by atoms with Crippen LogP contribution in [-0.2, 0) is 4.74 Å². The van der Waals surface area contributed by atoms with Crippen LogP contribution in [0.25, 0.3) is 10.8 Å². The van der Waals surface area contributed by atoms with Gasteiger partial charge in [0.25, 0.3) is 0 Å². The van der Waals surface area contributed by atoms with E-state index in [0.717, 1.165) is 56.1 Å². The molecule has 112 valence electrons. The smallest absolute Gasteiger partial charge is 0.134 e. The minimum atomic E-state index is 0.744. The number of rotatable bonds is 5. The Morgan fingerprint density at radius 1 is 1.10 bits per heavy atom. The Kier molecular flexibility index (Phi) is 5.12. The minimum absolute atomic E-state index is 0.744. The summed E-state index contributed by atoms with van der Waals surface area (Å²) in [5, 5.41) is 2.42. The SMILES string of the molecule is Brc1c(OCCCN2CCOCC2)ccc2ccccc12. The molecular weight excluding hydrogens is 330 g/mol. The van der Waals surface area contributed by atoms with Gasteiger partial charge in [-0.25, -0.2) is 0 Å². The lowest BCUT2D eigenvalue weighted by Crippen LogP contribution is -2.37. The number of fused-ring (bicyclic) bond motifs is 1. The van der Waals surface area contributed by atoms with Crippen LogP contribution in [0.1, 0.15) is 6.42 Å². The predicted molar refractivity (Wildman–Crippen MR) is 89.0 cm³/mol. The van der Waals surface area contributed by atoms with Crippen LogP contribution in [-0.4, -0.2) is 44.4 Å². The van der Waals surface area contributed by atoms with Crippen molar-refractivity contribution in [2.24, 2.45) is 0 Å². The van der Waals surface area contributed by atoms with Gasteiger partial charge in [-0.3, -0.25) is 4.90 Å². The first kappa shape index (κ1) is 14.8. The topological polar surface area (TPSA) is 21.7 Å². The number of hydrogen-bond acceptors (Lipinski definition) is 3. The Morgan fingerprint density at radius 2 is 1.90 bits per heavy atom. The number of halogens is 1. The van der Waals surface area contributed by atoms with Gasteiger partial charge in [-0.05, 0) is 39.2 Å². The third kappa shape index (κ3) is 3.76. The first-order chi connectivity index (χ1) is 10.3. The molecule has 0 bridgehead atoms. The van der Waals surface area contributed by atoms with Crippen LogP contribution in [0.15, 0.2) is 40.9 Å². The van der Waals surface area contributed by atoms with E-state index in [4.69, 9.17) is 9.47 Å². The van der Waals surface area contributed by atoms with Crippen LogP contribution in [0.2, 0.25) is 0 Å². The zero-order chi connectivity index (χ0) is 14.5. The molecule has 0 radical (unpaired) electrons. The average Bonchev–Trinajstić information content (AvgIpc) is 2.55. The highest BCUT2D eigenvalue weighted by molar-refractivity contribution is 9.10. The second-order valence-corrected chi connectivity index (χ2v) is 6.05. The zero-order valence-corrected chi connectivity index (χ0v) is 13.6. The third-order valence-electron chi connectivity index (χ3n) is 3.81. The second-order valence-electron chi connectivity index (χ2n) is 5.25. The summed E-state index contributed by atoms with van der Waals surface area (Å²) in [5.41, 5.74) is 0. The molecule has 2 aromatic carbocycles. The lowest BCUT2D eigenvalue weighted by molar-refractivity contribution is 0.0358. The van der Waals surface area contributed by atoms with Crippen LogP contribution in [0.3, 0.4) is 0 Å². The van der Waals surface area contributed by atoms with Crippen molar-refractivity contribution in [2.75, 3.05) is 39.5 Å². The normalized spacial score (nSPS) is 16.2. The number of hydrogen-bond donors (Lipinski definition) is 0. The molecule has 1 fully saturated rings. The summed E-state index contributed by atoms with van der Waals surface area (Å²) in [6.07, 6.45) is 1.04. The number of ether oxygens (including phenoxy) is 2. The minimum Gasteiger partial charge on any atom is -0.492 e. The summed E-state index contributed by atoms with van der Waals surface area (Å²) < 4.78 is 12.3. The molecule has 4 heteroatoms. The first-order valence-electron chi connectivity index (χ1n) is 7.45. The van der Waals surface area contributed by atoms with E-state index in [1.165, 1.54) is 10.8 Å². The molecule has 1 heterocycles. The summed E-state index contributed by atoms with van der Waals surface area (Å²) in [5.74, 6) is 0.927. The number of nitrogens with zero attached hydrogens (tertiary/aromatic N) is 1. The molecular formula is C17H20BrNO2. The molecule has 0 spiro atoms. The average molecular weight is 350 g/mol. The van der Waals surface area contributed by atoms with E-state index < -0.39 is 0 Å². The van der Waals surface area contributed by atoms with E-state index in [1.807, 2.05) is 6.07 Å². The van der Waals surface area contributed by atoms with Crippen molar-refractivity contribution in [3.05, 3.63) is 40.9 Å². The predicted octanol–water partition coefficient (Wildman–Crippen LogP) is 3.70. The molecule has 0 aromatic heterocycles. The van der Waals surface area contributed by atoms with E-state index in [9.17, 15) is 0 Å². The van der Waals surface area contributed by atoms with Crippen molar-refractivity contribution in [1.29, 1.82) is 0 Å². The summed E-state index contributed by atoms with van der Waals surface area (Å²) in [6.45, 7) is 5.62. The van der Waals surface area contributed by atoms with Crippen LogP contribution in [0.4, 0.5) is 0 Å². The van der Waals surface area contributed by atoms with E-state index in [0.29, 0.717) is 0 Å². The maximum Gasteiger partial charge on any atom is 0.134 e. The van der Waals surface area contributed by atoms with E-state index in [-0.39, 0.29) is 0 Å². The highest BCUT2D eigenvalue weighted by Gasteiger charge is 2.10. The molecule has 1 aliphatic heterocycles. The molecule has 3 nitrogen and oxygen atoms in total. The van der Waals surface area contributed by atoms with Gasteiger partial charge in [0.15, 0.2) is 0 Å².